The highest BCUT2D eigenvalue weighted by atomic mass is 35.5. The highest BCUT2D eigenvalue weighted by Crippen LogP contribution is 2.26. The van der Waals surface area contributed by atoms with Gasteiger partial charge >= 0.3 is 0 Å². The molecule has 1 aliphatic rings. The highest BCUT2D eigenvalue weighted by Gasteiger charge is 2.19. The molecule has 1 aliphatic heterocycles. The van der Waals surface area contributed by atoms with Gasteiger partial charge in [0.05, 0.1) is 22.6 Å². The SMILES string of the molecule is Cc1nc(-c2cnc3ccc(Cl)cn23)cc(C2CCCNC2)n1. The summed E-state index contributed by atoms with van der Waals surface area (Å²) in [5.41, 5.74) is 3.81. The molecule has 0 aromatic carbocycles. The Kier molecular flexibility index (Phi) is 3.75. The van der Waals surface area contributed by atoms with Gasteiger partial charge < -0.3 is 5.32 Å². The van der Waals surface area contributed by atoms with E-state index in [0.717, 1.165) is 41.6 Å². The number of fused-ring (bicyclic) bond motifs is 1. The Balaban J connectivity index is 1.81. The van der Waals surface area contributed by atoms with Crippen LogP contribution in [-0.2, 0) is 0 Å². The van der Waals surface area contributed by atoms with E-state index in [1.54, 1.807) is 0 Å². The molecule has 0 aliphatic carbocycles. The Morgan fingerprint density at radius 2 is 2.22 bits per heavy atom. The highest BCUT2D eigenvalue weighted by molar-refractivity contribution is 6.30. The van der Waals surface area contributed by atoms with Crippen molar-refractivity contribution >= 4 is 17.2 Å². The topological polar surface area (TPSA) is 55.1 Å². The van der Waals surface area contributed by atoms with E-state index in [0.29, 0.717) is 10.9 Å². The maximum Gasteiger partial charge on any atom is 0.137 e. The summed E-state index contributed by atoms with van der Waals surface area (Å²) in [6.45, 7) is 4.02. The monoisotopic (exact) mass is 327 g/mol. The van der Waals surface area contributed by atoms with Gasteiger partial charge in [-0.1, -0.05) is 11.6 Å². The van der Waals surface area contributed by atoms with Crippen molar-refractivity contribution < 1.29 is 0 Å². The van der Waals surface area contributed by atoms with E-state index < -0.39 is 0 Å². The average molecular weight is 328 g/mol. The molecule has 1 unspecified atom stereocenters. The van der Waals surface area contributed by atoms with E-state index in [4.69, 9.17) is 11.6 Å². The second-order valence-corrected chi connectivity index (χ2v) is 6.42. The van der Waals surface area contributed by atoms with E-state index in [1.165, 1.54) is 12.8 Å². The van der Waals surface area contributed by atoms with Crippen LogP contribution in [0.3, 0.4) is 0 Å². The summed E-state index contributed by atoms with van der Waals surface area (Å²) in [5, 5.41) is 4.13. The van der Waals surface area contributed by atoms with Crippen LogP contribution in [0.1, 0.15) is 30.3 Å². The van der Waals surface area contributed by atoms with Gasteiger partial charge in [0.1, 0.15) is 11.5 Å². The summed E-state index contributed by atoms with van der Waals surface area (Å²) in [7, 11) is 0. The number of halogens is 1. The molecule has 6 heteroatoms. The first-order valence-electron chi connectivity index (χ1n) is 7.90. The van der Waals surface area contributed by atoms with E-state index in [2.05, 4.69) is 26.3 Å². The second-order valence-electron chi connectivity index (χ2n) is 5.99. The molecule has 23 heavy (non-hydrogen) atoms. The van der Waals surface area contributed by atoms with Gasteiger partial charge in [-0.25, -0.2) is 15.0 Å². The van der Waals surface area contributed by atoms with Crippen LogP contribution in [0.5, 0.6) is 0 Å². The Morgan fingerprint density at radius 1 is 1.30 bits per heavy atom. The first kappa shape index (κ1) is 14.6. The second kappa shape index (κ2) is 5.91. The predicted molar refractivity (Wildman–Crippen MR) is 90.8 cm³/mol. The summed E-state index contributed by atoms with van der Waals surface area (Å²) < 4.78 is 1.98. The Hall–Kier alpha value is -1.98. The van der Waals surface area contributed by atoms with Crippen molar-refractivity contribution in [2.75, 3.05) is 13.1 Å². The third-order valence-electron chi connectivity index (χ3n) is 4.30. The first-order chi connectivity index (χ1) is 11.2. The molecule has 3 aromatic rings. The molecular weight excluding hydrogens is 310 g/mol. The van der Waals surface area contributed by atoms with Gasteiger partial charge in [0, 0.05) is 24.4 Å². The number of aromatic nitrogens is 4. The lowest BCUT2D eigenvalue weighted by molar-refractivity contribution is 0.453. The van der Waals surface area contributed by atoms with Crippen LogP contribution in [0.15, 0.2) is 30.6 Å². The maximum absolute atomic E-state index is 6.13. The molecule has 1 N–H and O–H groups in total. The van der Waals surface area contributed by atoms with E-state index >= 15 is 0 Å². The number of hydrogen-bond donors (Lipinski definition) is 1. The van der Waals surface area contributed by atoms with Crippen molar-refractivity contribution in [1.82, 2.24) is 24.7 Å². The molecule has 0 amide bonds. The first-order valence-corrected chi connectivity index (χ1v) is 8.28. The minimum Gasteiger partial charge on any atom is -0.316 e. The molecule has 0 spiro atoms. The molecule has 0 bridgehead atoms. The molecule has 118 valence electrons. The van der Waals surface area contributed by atoms with Crippen LogP contribution in [-0.4, -0.2) is 32.4 Å². The van der Waals surface area contributed by atoms with E-state index in [9.17, 15) is 0 Å². The Bertz CT molecular complexity index is 851. The molecular formula is C17H18ClN5. The number of nitrogens with one attached hydrogen (secondary N) is 1. The zero-order chi connectivity index (χ0) is 15.8. The molecule has 1 fully saturated rings. The van der Waals surface area contributed by atoms with Crippen molar-refractivity contribution in [1.29, 1.82) is 0 Å². The fraction of sp³-hybridized carbons (Fsp3) is 0.353. The molecule has 1 atom stereocenters. The van der Waals surface area contributed by atoms with Crippen LogP contribution < -0.4 is 5.32 Å². The summed E-state index contributed by atoms with van der Waals surface area (Å²) in [5.74, 6) is 1.24. The predicted octanol–water partition coefficient (Wildman–Crippen LogP) is 3.22. The summed E-state index contributed by atoms with van der Waals surface area (Å²) in [4.78, 5) is 13.7. The molecule has 0 saturated carbocycles. The molecule has 3 aromatic heterocycles. The van der Waals surface area contributed by atoms with E-state index in [-0.39, 0.29) is 0 Å². The van der Waals surface area contributed by atoms with Gasteiger partial charge in [0.15, 0.2) is 0 Å². The average Bonchev–Trinajstić information content (AvgIpc) is 2.98. The zero-order valence-electron chi connectivity index (χ0n) is 13.0. The zero-order valence-corrected chi connectivity index (χ0v) is 13.7. The number of rotatable bonds is 2. The number of imidazole rings is 1. The lowest BCUT2D eigenvalue weighted by Crippen LogP contribution is -2.29. The number of aryl methyl sites for hydroxylation is 1. The number of hydrogen-bond acceptors (Lipinski definition) is 4. The van der Waals surface area contributed by atoms with Crippen LogP contribution in [0.2, 0.25) is 5.02 Å². The number of pyridine rings is 1. The van der Waals surface area contributed by atoms with Gasteiger partial charge in [0.2, 0.25) is 0 Å². The summed E-state index contributed by atoms with van der Waals surface area (Å²) in [6, 6.07) is 5.85. The normalized spacial score (nSPS) is 18.4. The van der Waals surface area contributed by atoms with Gasteiger partial charge in [-0.3, -0.25) is 4.40 Å². The minimum absolute atomic E-state index is 0.451. The summed E-state index contributed by atoms with van der Waals surface area (Å²) >= 11 is 6.13. The molecule has 4 heterocycles. The molecule has 1 saturated heterocycles. The van der Waals surface area contributed by atoms with Gasteiger partial charge in [-0.15, -0.1) is 0 Å². The molecule has 4 rings (SSSR count). The van der Waals surface area contributed by atoms with Crippen LogP contribution in [0.4, 0.5) is 0 Å². The number of nitrogens with zero attached hydrogens (tertiary/aromatic N) is 4. The number of piperidine rings is 1. The fourth-order valence-corrected chi connectivity index (χ4v) is 3.34. The molecule has 0 radical (unpaired) electrons. The van der Waals surface area contributed by atoms with Crippen LogP contribution in [0, 0.1) is 6.92 Å². The fourth-order valence-electron chi connectivity index (χ4n) is 3.18. The van der Waals surface area contributed by atoms with Crippen molar-refractivity contribution in [3.8, 4) is 11.4 Å². The largest absolute Gasteiger partial charge is 0.316 e. The minimum atomic E-state index is 0.451. The van der Waals surface area contributed by atoms with Gasteiger partial charge in [-0.05, 0) is 44.5 Å². The van der Waals surface area contributed by atoms with Crippen LogP contribution >= 0.6 is 11.6 Å². The van der Waals surface area contributed by atoms with Gasteiger partial charge in [-0.2, -0.15) is 0 Å². The smallest absolute Gasteiger partial charge is 0.137 e. The summed E-state index contributed by atoms with van der Waals surface area (Å²) in [6.07, 6.45) is 6.07. The van der Waals surface area contributed by atoms with Crippen LogP contribution in [0.25, 0.3) is 17.0 Å². The maximum atomic E-state index is 6.13. The quantitative estimate of drug-likeness (QED) is 0.785. The standard InChI is InChI=1S/C17H18ClN5/c1-11-21-14(12-3-2-6-19-8-12)7-15(22-11)16-9-20-17-5-4-13(18)10-23(16)17/h4-5,7,9-10,12,19H,2-3,6,8H2,1H3. The lowest BCUT2D eigenvalue weighted by atomic mass is 9.95. The van der Waals surface area contributed by atoms with E-state index in [1.807, 2.05) is 35.9 Å². The van der Waals surface area contributed by atoms with Crippen molar-refractivity contribution in [3.05, 3.63) is 47.1 Å². The molecule has 5 nitrogen and oxygen atoms in total. The van der Waals surface area contributed by atoms with Crippen molar-refractivity contribution in [2.45, 2.75) is 25.7 Å². The Labute approximate surface area is 139 Å². The Morgan fingerprint density at radius 3 is 3.04 bits per heavy atom. The lowest BCUT2D eigenvalue weighted by Gasteiger charge is -2.22. The third kappa shape index (κ3) is 2.82. The van der Waals surface area contributed by atoms with Gasteiger partial charge in [0.25, 0.3) is 0 Å². The third-order valence-corrected chi connectivity index (χ3v) is 4.53. The van der Waals surface area contributed by atoms with Crippen molar-refractivity contribution in [3.63, 3.8) is 0 Å². The van der Waals surface area contributed by atoms with Crippen molar-refractivity contribution in [2.24, 2.45) is 0 Å².